The summed E-state index contributed by atoms with van der Waals surface area (Å²) >= 11 is 5.53. The third-order valence-corrected chi connectivity index (χ3v) is 0.175. The van der Waals surface area contributed by atoms with Crippen LogP contribution in [0.2, 0.25) is 0 Å². The minimum absolute atomic E-state index is 0.0278. The summed E-state index contributed by atoms with van der Waals surface area (Å²) in [4.78, 5) is 9.22. The van der Waals surface area contributed by atoms with Crippen molar-refractivity contribution in [1.82, 2.24) is 0 Å². The predicted molar refractivity (Wildman–Crippen MR) is 42.3 cm³/mol. The molecule has 0 bridgehead atoms. The van der Waals surface area contributed by atoms with E-state index in [1.54, 1.807) is 0 Å². The van der Waals surface area contributed by atoms with E-state index in [1.807, 2.05) is 20.8 Å². The molecule has 4 heteroatoms. The van der Waals surface area contributed by atoms with Gasteiger partial charge in [0.25, 0.3) is 0 Å². The Balaban J connectivity index is 0. The number of hydrogen-bond donors (Lipinski definition) is 2. The molecule has 0 aromatic rings. The fourth-order valence-corrected chi connectivity index (χ4v) is 0. The smallest absolute Gasteiger partial charge is 0.317 e. The molecule has 0 amide bonds. The van der Waals surface area contributed by atoms with Crippen LogP contribution in [0.1, 0.15) is 20.8 Å². The quantitative estimate of drug-likeness (QED) is 0.574. The summed E-state index contributed by atoms with van der Waals surface area (Å²) in [7, 11) is 0. The summed E-state index contributed by atoms with van der Waals surface area (Å²) in [5, 5.41) is 7.60. The van der Waals surface area contributed by atoms with Crippen LogP contribution < -0.4 is 5.73 Å². The number of rotatable bonds is 1. The molecule has 0 aliphatic carbocycles. The van der Waals surface area contributed by atoms with Gasteiger partial charge in [-0.2, -0.15) is 0 Å². The van der Waals surface area contributed by atoms with E-state index in [0.29, 0.717) is 0 Å². The van der Waals surface area contributed by atoms with Crippen molar-refractivity contribution in [3.05, 3.63) is 0 Å². The number of carbonyl (C=O) groups is 1. The van der Waals surface area contributed by atoms with E-state index in [0.717, 1.165) is 0 Å². The van der Waals surface area contributed by atoms with Gasteiger partial charge in [0.1, 0.15) is 0 Å². The minimum Gasteiger partial charge on any atom is -0.480 e. The Morgan fingerprint density at radius 1 is 1.60 bits per heavy atom. The van der Waals surface area contributed by atoms with Gasteiger partial charge in [-0.1, -0.05) is 0 Å². The average molecular weight is 168 g/mol. The summed E-state index contributed by atoms with van der Waals surface area (Å²) in [5.74, 6) is -0.968. The highest BCUT2D eigenvalue weighted by Crippen LogP contribution is 2.07. The lowest BCUT2D eigenvalue weighted by molar-refractivity contribution is -0.135. The van der Waals surface area contributed by atoms with Crippen LogP contribution in [0.15, 0.2) is 0 Å². The van der Waals surface area contributed by atoms with Crippen LogP contribution in [0.5, 0.6) is 0 Å². The molecule has 0 radical (unpaired) electrons. The van der Waals surface area contributed by atoms with Gasteiger partial charge in [0, 0.05) is 4.87 Å². The first-order valence-corrected chi connectivity index (χ1v) is 3.26. The highest BCUT2D eigenvalue weighted by Gasteiger charge is 1.99. The predicted octanol–water partition coefficient (Wildman–Crippen LogP) is 1.05. The number of nitrogens with two attached hydrogens (primary N) is 1. The van der Waals surface area contributed by atoms with E-state index in [1.165, 1.54) is 0 Å². The van der Waals surface area contributed by atoms with Gasteiger partial charge < -0.3 is 10.8 Å². The Labute approximate surface area is 66.2 Å². The summed E-state index contributed by atoms with van der Waals surface area (Å²) in [6.07, 6.45) is 0. The molecule has 0 aromatic carbocycles. The number of carboxylic acids is 1. The maximum Gasteiger partial charge on any atom is 0.317 e. The van der Waals surface area contributed by atoms with Gasteiger partial charge in [-0.05, 0) is 20.8 Å². The molecular weight excluding hydrogens is 154 g/mol. The first kappa shape index (κ1) is 12.4. The van der Waals surface area contributed by atoms with Crippen LogP contribution in [0, 0.1) is 0 Å². The van der Waals surface area contributed by atoms with Crippen LogP contribution >= 0.6 is 11.6 Å². The first-order valence-electron chi connectivity index (χ1n) is 2.88. The molecule has 62 valence electrons. The topological polar surface area (TPSA) is 63.3 Å². The van der Waals surface area contributed by atoms with E-state index in [4.69, 9.17) is 16.7 Å². The standard InChI is InChI=1S/C4H9Cl.C2H5NO2/c1-4(2,3)5;3-1-2(4)5/h1-3H3;1,3H2,(H,4,5). The zero-order valence-electron chi connectivity index (χ0n) is 6.52. The average Bonchev–Trinajstić information content (AvgIpc) is 1.61. The largest absolute Gasteiger partial charge is 0.480 e. The third-order valence-electron chi connectivity index (χ3n) is 0.175. The number of carboxylic acid groups (broad SMARTS) is 1. The Morgan fingerprint density at radius 2 is 1.70 bits per heavy atom. The molecule has 0 unspecified atom stereocenters. The van der Waals surface area contributed by atoms with Crippen molar-refractivity contribution >= 4 is 17.6 Å². The highest BCUT2D eigenvalue weighted by molar-refractivity contribution is 6.23. The minimum atomic E-state index is -0.968. The normalized spacial score (nSPS) is 9.70. The van der Waals surface area contributed by atoms with Gasteiger partial charge >= 0.3 is 5.97 Å². The molecule has 0 aliphatic heterocycles. The van der Waals surface area contributed by atoms with Crippen LogP contribution in [-0.2, 0) is 4.79 Å². The van der Waals surface area contributed by atoms with E-state index < -0.39 is 5.97 Å². The molecule has 0 aliphatic rings. The van der Waals surface area contributed by atoms with Crippen molar-refractivity contribution in [3.63, 3.8) is 0 Å². The maximum atomic E-state index is 9.24. The molecule has 0 spiro atoms. The second-order valence-corrected chi connectivity index (χ2v) is 3.80. The molecule has 0 fully saturated rings. The maximum absolute atomic E-state index is 9.24. The number of halogens is 1. The van der Waals surface area contributed by atoms with E-state index in [-0.39, 0.29) is 11.4 Å². The van der Waals surface area contributed by atoms with Crippen LogP contribution in [0.25, 0.3) is 0 Å². The molecule has 3 N–H and O–H groups in total. The molecule has 0 rings (SSSR count). The zero-order chi connectivity index (χ0) is 8.78. The zero-order valence-corrected chi connectivity index (χ0v) is 7.27. The molecule has 10 heavy (non-hydrogen) atoms. The van der Waals surface area contributed by atoms with E-state index in [2.05, 4.69) is 5.73 Å². The highest BCUT2D eigenvalue weighted by atomic mass is 35.5. The number of hydrogen-bond acceptors (Lipinski definition) is 2. The fraction of sp³-hybridized carbons (Fsp3) is 0.833. The van der Waals surface area contributed by atoms with Crippen molar-refractivity contribution in [2.24, 2.45) is 5.73 Å². The lowest BCUT2D eigenvalue weighted by atomic mass is 10.3. The van der Waals surface area contributed by atoms with E-state index in [9.17, 15) is 4.79 Å². The summed E-state index contributed by atoms with van der Waals surface area (Å²) in [5.41, 5.74) is 4.57. The SMILES string of the molecule is CC(C)(C)Cl.NCC(=O)O. The molecule has 0 heterocycles. The van der Waals surface area contributed by atoms with Crippen LogP contribution in [0.3, 0.4) is 0 Å². The van der Waals surface area contributed by atoms with Gasteiger partial charge in [0.15, 0.2) is 0 Å². The Morgan fingerprint density at radius 3 is 1.70 bits per heavy atom. The molecule has 0 atom stereocenters. The number of alkyl halides is 1. The van der Waals surface area contributed by atoms with Gasteiger partial charge in [-0.25, -0.2) is 0 Å². The van der Waals surface area contributed by atoms with Crippen molar-refractivity contribution in [2.75, 3.05) is 6.54 Å². The molecule has 0 aromatic heterocycles. The van der Waals surface area contributed by atoms with Gasteiger partial charge in [-0.15, -0.1) is 11.6 Å². The summed E-state index contributed by atoms with van der Waals surface area (Å²) < 4.78 is 0. The fourth-order valence-electron chi connectivity index (χ4n) is 0. The Bertz CT molecular complexity index is 92.4. The first-order chi connectivity index (χ1) is 4.27. The van der Waals surface area contributed by atoms with Crippen LogP contribution in [-0.4, -0.2) is 22.5 Å². The van der Waals surface area contributed by atoms with Gasteiger partial charge in [0.05, 0.1) is 6.54 Å². The van der Waals surface area contributed by atoms with Gasteiger partial charge in [-0.3, -0.25) is 4.79 Å². The molecular formula is C6H14ClNO2. The second-order valence-electron chi connectivity index (χ2n) is 2.66. The van der Waals surface area contributed by atoms with E-state index >= 15 is 0 Å². The molecule has 0 saturated carbocycles. The van der Waals surface area contributed by atoms with Crippen molar-refractivity contribution in [3.8, 4) is 0 Å². The summed E-state index contributed by atoms with van der Waals surface area (Å²) in [6.45, 7) is 5.58. The van der Waals surface area contributed by atoms with Crippen molar-refractivity contribution < 1.29 is 9.90 Å². The Hall–Kier alpha value is -0.280. The Kier molecular flexibility index (Phi) is 6.82. The van der Waals surface area contributed by atoms with Crippen molar-refractivity contribution in [1.29, 1.82) is 0 Å². The molecule has 3 nitrogen and oxygen atoms in total. The monoisotopic (exact) mass is 167 g/mol. The van der Waals surface area contributed by atoms with Crippen LogP contribution in [0.4, 0.5) is 0 Å². The second kappa shape index (κ2) is 5.50. The number of aliphatic carboxylic acids is 1. The lowest BCUT2D eigenvalue weighted by Crippen LogP contribution is -2.10. The lowest BCUT2D eigenvalue weighted by Gasteiger charge is -2.01. The summed E-state index contributed by atoms with van der Waals surface area (Å²) in [6, 6.07) is 0. The van der Waals surface area contributed by atoms with Crippen molar-refractivity contribution in [2.45, 2.75) is 25.6 Å². The molecule has 0 saturated heterocycles. The van der Waals surface area contributed by atoms with Gasteiger partial charge in [0.2, 0.25) is 0 Å². The third kappa shape index (κ3) is 118.